The molecule has 0 heterocycles. The third kappa shape index (κ3) is 6.86. The van der Waals surface area contributed by atoms with Crippen molar-refractivity contribution in [1.82, 2.24) is 10.6 Å². The highest BCUT2D eigenvalue weighted by atomic mass is 35.5. The number of hydrogen-bond donors (Lipinski definition) is 2. The summed E-state index contributed by atoms with van der Waals surface area (Å²) < 4.78 is 5.83. The van der Waals surface area contributed by atoms with Gasteiger partial charge in [-0.1, -0.05) is 30.7 Å². The fourth-order valence-corrected chi connectivity index (χ4v) is 2.17. The summed E-state index contributed by atoms with van der Waals surface area (Å²) >= 11 is 6.07. The Morgan fingerprint density at radius 1 is 1.41 bits per heavy atom. The largest absolute Gasteiger partial charge is 0.487 e. The number of ether oxygens (including phenoxy) is 1. The summed E-state index contributed by atoms with van der Waals surface area (Å²) in [6.45, 7) is 3.84. The van der Waals surface area contributed by atoms with Gasteiger partial charge in [0.25, 0.3) is 0 Å². The van der Waals surface area contributed by atoms with Crippen molar-refractivity contribution < 1.29 is 9.53 Å². The van der Waals surface area contributed by atoms with Gasteiger partial charge < -0.3 is 15.4 Å². The highest BCUT2D eigenvalue weighted by molar-refractivity contribution is 6.32. The highest BCUT2D eigenvalue weighted by Gasteiger charge is 2.20. The molecule has 1 aromatic carbocycles. The molecule has 0 spiro atoms. The van der Waals surface area contributed by atoms with Crippen LogP contribution in [0, 0.1) is 5.92 Å². The van der Waals surface area contributed by atoms with Crippen LogP contribution in [0.25, 0.3) is 0 Å². The van der Waals surface area contributed by atoms with Crippen molar-refractivity contribution in [2.75, 3.05) is 19.6 Å². The van der Waals surface area contributed by atoms with Crippen molar-refractivity contribution in [2.24, 2.45) is 5.92 Å². The van der Waals surface area contributed by atoms with Gasteiger partial charge in [0.2, 0.25) is 5.91 Å². The number of benzene rings is 1. The molecule has 0 bridgehead atoms. The normalized spacial score (nSPS) is 14.8. The van der Waals surface area contributed by atoms with Crippen LogP contribution in [-0.4, -0.2) is 31.6 Å². The zero-order valence-corrected chi connectivity index (χ0v) is 14.4. The van der Waals surface area contributed by atoms with Gasteiger partial charge in [-0.3, -0.25) is 4.79 Å². The molecular weight excluding hydrogens is 323 g/mol. The minimum atomic E-state index is -0.0720. The van der Waals surface area contributed by atoms with Crippen LogP contribution in [0.15, 0.2) is 24.3 Å². The first-order valence-electron chi connectivity index (χ1n) is 7.57. The topological polar surface area (TPSA) is 50.4 Å². The van der Waals surface area contributed by atoms with Crippen LogP contribution in [0.1, 0.15) is 26.2 Å². The van der Waals surface area contributed by atoms with E-state index in [1.807, 2.05) is 25.1 Å². The van der Waals surface area contributed by atoms with Crippen molar-refractivity contribution >= 4 is 29.9 Å². The van der Waals surface area contributed by atoms with Gasteiger partial charge in [0.05, 0.1) is 18.1 Å². The third-order valence-corrected chi connectivity index (χ3v) is 3.84. The van der Waals surface area contributed by atoms with Gasteiger partial charge in [0.15, 0.2) is 0 Å². The van der Waals surface area contributed by atoms with Gasteiger partial charge >= 0.3 is 0 Å². The molecule has 22 heavy (non-hydrogen) atoms. The van der Waals surface area contributed by atoms with E-state index in [9.17, 15) is 4.79 Å². The number of carbonyl (C=O) groups excluding carboxylic acids is 1. The second-order valence-electron chi connectivity index (χ2n) is 5.46. The lowest BCUT2D eigenvalue weighted by Gasteiger charge is -2.19. The monoisotopic (exact) mass is 346 g/mol. The molecule has 1 saturated carbocycles. The standard InChI is InChI=1S/C16H23ClN2O2.ClH/c1-2-13(21-15-6-4-3-5-14(15)17)10-19-16(20)11-18-9-12-7-8-12;/h3-6,12-13,18H,2,7-11H2,1H3,(H,19,20);1H. The molecule has 124 valence electrons. The average Bonchev–Trinajstić information content (AvgIpc) is 3.29. The molecule has 1 aliphatic carbocycles. The Kier molecular flexibility index (Phi) is 8.61. The number of halogens is 2. The second-order valence-corrected chi connectivity index (χ2v) is 5.86. The van der Waals surface area contributed by atoms with E-state index in [0.717, 1.165) is 18.9 Å². The molecule has 1 aromatic rings. The molecule has 1 amide bonds. The maximum absolute atomic E-state index is 11.7. The summed E-state index contributed by atoms with van der Waals surface area (Å²) in [7, 11) is 0. The molecule has 0 radical (unpaired) electrons. The Hall–Kier alpha value is -0.970. The Balaban J connectivity index is 0.00000242. The molecule has 1 unspecified atom stereocenters. The summed E-state index contributed by atoms with van der Waals surface area (Å²) in [6.07, 6.45) is 3.31. The van der Waals surface area contributed by atoms with Gasteiger partial charge in [-0.2, -0.15) is 0 Å². The second kappa shape index (κ2) is 9.93. The van der Waals surface area contributed by atoms with E-state index in [1.165, 1.54) is 12.8 Å². The highest BCUT2D eigenvalue weighted by Crippen LogP contribution is 2.27. The molecule has 0 aromatic heterocycles. The maximum atomic E-state index is 11.7. The Labute approximate surface area is 143 Å². The molecule has 1 aliphatic rings. The Bertz CT molecular complexity index is 467. The van der Waals surface area contributed by atoms with E-state index in [-0.39, 0.29) is 24.4 Å². The van der Waals surface area contributed by atoms with Crippen molar-refractivity contribution in [3.8, 4) is 5.75 Å². The third-order valence-electron chi connectivity index (χ3n) is 3.53. The van der Waals surface area contributed by atoms with E-state index < -0.39 is 0 Å². The molecule has 4 nitrogen and oxygen atoms in total. The average molecular weight is 347 g/mol. The van der Waals surface area contributed by atoms with Gasteiger partial charge in [-0.05, 0) is 43.9 Å². The van der Waals surface area contributed by atoms with E-state index in [4.69, 9.17) is 16.3 Å². The molecule has 1 atom stereocenters. The maximum Gasteiger partial charge on any atom is 0.234 e. The Morgan fingerprint density at radius 2 is 2.14 bits per heavy atom. The molecule has 1 fully saturated rings. The van der Waals surface area contributed by atoms with Gasteiger partial charge in [0, 0.05) is 0 Å². The summed E-state index contributed by atoms with van der Waals surface area (Å²) in [5.74, 6) is 1.45. The zero-order chi connectivity index (χ0) is 15.1. The van der Waals surface area contributed by atoms with Crippen molar-refractivity contribution in [1.29, 1.82) is 0 Å². The number of para-hydroxylation sites is 1. The molecule has 2 rings (SSSR count). The molecule has 2 N–H and O–H groups in total. The summed E-state index contributed by atoms with van der Waals surface area (Å²) in [4.78, 5) is 11.7. The smallest absolute Gasteiger partial charge is 0.234 e. The predicted molar refractivity (Wildman–Crippen MR) is 92.0 cm³/mol. The first-order valence-corrected chi connectivity index (χ1v) is 7.95. The first-order chi connectivity index (χ1) is 10.2. The Morgan fingerprint density at radius 3 is 2.77 bits per heavy atom. The number of nitrogens with one attached hydrogen (secondary N) is 2. The van der Waals surface area contributed by atoms with E-state index >= 15 is 0 Å². The summed E-state index contributed by atoms with van der Waals surface area (Å²) in [5, 5.41) is 6.66. The number of carbonyl (C=O) groups is 1. The van der Waals surface area contributed by atoms with Gasteiger partial charge in [0.1, 0.15) is 11.9 Å². The van der Waals surface area contributed by atoms with Crippen LogP contribution in [0.4, 0.5) is 0 Å². The lowest BCUT2D eigenvalue weighted by Crippen LogP contribution is -2.40. The molecular formula is C16H24Cl2N2O2. The van der Waals surface area contributed by atoms with Crippen LogP contribution in [-0.2, 0) is 4.79 Å². The quantitative estimate of drug-likeness (QED) is 0.722. The zero-order valence-electron chi connectivity index (χ0n) is 12.8. The molecule has 0 aliphatic heterocycles. The van der Waals surface area contributed by atoms with Gasteiger partial charge in [-0.25, -0.2) is 0 Å². The molecule has 6 heteroatoms. The van der Waals surface area contributed by atoms with Crippen molar-refractivity contribution in [3.63, 3.8) is 0 Å². The number of rotatable bonds is 9. The fourth-order valence-electron chi connectivity index (χ4n) is 1.99. The summed E-state index contributed by atoms with van der Waals surface area (Å²) in [5.41, 5.74) is 0. The van der Waals surface area contributed by atoms with Crippen molar-refractivity contribution in [2.45, 2.75) is 32.3 Å². The first kappa shape index (κ1) is 19.1. The SMILES string of the molecule is CCC(CNC(=O)CNCC1CC1)Oc1ccccc1Cl.Cl. The number of amides is 1. The van der Waals surface area contributed by atoms with E-state index in [2.05, 4.69) is 10.6 Å². The van der Waals surface area contributed by atoms with Crippen LogP contribution in [0.5, 0.6) is 5.75 Å². The van der Waals surface area contributed by atoms with Crippen LogP contribution >= 0.6 is 24.0 Å². The minimum absolute atomic E-state index is 0. The van der Waals surface area contributed by atoms with E-state index in [0.29, 0.717) is 23.9 Å². The minimum Gasteiger partial charge on any atom is -0.487 e. The van der Waals surface area contributed by atoms with E-state index in [1.54, 1.807) is 6.07 Å². The lowest BCUT2D eigenvalue weighted by atomic mass is 10.2. The lowest BCUT2D eigenvalue weighted by molar-refractivity contribution is -0.120. The predicted octanol–water partition coefficient (Wildman–Crippen LogP) is 3.04. The van der Waals surface area contributed by atoms with Crippen LogP contribution < -0.4 is 15.4 Å². The molecule has 0 saturated heterocycles. The number of hydrogen-bond acceptors (Lipinski definition) is 3. The van der Waals surface area contributed by atoms with Gasteiger partial charge in [-0.15, -0.1) is 12.4 Å². The summed E-state index contributed by atoms with van der Waals surface area (Å²) in [6, 6.07) is 7.38. The fraction of sp³-hybridized carbons (Fsp3) is 0.562. The van der Waals surface area contributed by atoms with Crippen molar-refractivity contribution in [3.05, 3.63) is 29.3 Å². The van der Waals surface area contributed by atoms with Crippen LogP contribution in [0.3, 0.4) is 0 Å². The van der Waals surface area contributed by atoms with Crippen LogP contribution in [0.2, 0.25) is 5.02 Å².